The van der Waals surface area contributed by atoms with E-state index in [0.29, 0.717) is 6.54 Å². The van der Waals surface area contributed by atoms with Crippen molar-refractivity contribution in [2.75, 3.05) is 13.7 Å². The normalized spacial score (nSPS) is 11.2. The first-order valence-electron chi connectivity index (χ1n) is 7.12. The van der Waals surface area contributed by atoms with Gasteiger partial charge in [-0.25, -0.2) is 4.79 Å². The van der Waals surface area contributed by atoms with Crippen LogP contribution in [-0.2, 0) is 13.1 Å². The number of alkyl halides is 3. The maximum atomic E-state index is 12.1. The number of ether oxygens (including phenoxy) is 1. The van der Waals surface area contributed by atoms with E-state index in [1.165, 1.54) is 12.1 Å². The predicted molar refractivity (Wildman–Crippen MR) is 86.0 cm³/mol. The van der Waals surface area contributed by atoms with Crippen LogP contribution in [0.1, 0.15) is 11.1 Å². The molecule has 0 saturated heterocycles. The Labute approximate surface area is 141 Å². The minimum absolute atomic E-state index is 0.136. The molecule has 1 aromatic heterocycles. The molecule has 1 N–H and O–H groups in total. The van der Waals surface area contributed by atoms with Crippen molar-refractivity contribution in [2.45, 2.75) is 19.3 Å². The molecule has 1 heterocycles. The van der Waals surface area contributed by atoms with E-state index in [4.69, 9.17) is 0 Å². The summed E-state index contributed by atoms with van der Waals surface area (Å²) in [6, 6.07) is 7.85. The van der Waals surface area contributed by atoms with Crippen molar-refractivity contribution in [3.05, 3.63) is 52.2 Å². The highest BCUT2D eigenvalue weighted by Gasteiger charge is 2.28. The number of amides is 2. The summed E-state index contributed by atoms with van der Waals surface area (Å²) in [5.41, 5.74) is 1.83. The predicted octanol–water partition coefficient (Wildman–Crippen LogP) is 4.03. The fourth-order valence-corrected chi connectivity index (χ4v) is 2.57. The largest absolute Gasteiger partial charge is 0.484 e. The fraction of sp³-hybridized carbons (Fsp3) is 0.312. The molecule has 0 fully saturated rings. The van der Waals surface area contributed by atoms with E-state index in [2.05, 4.69) is 10.1 Å². The zero-order valence-corrected chi connectivity index (χ0v) is 13.8. The smallest absolute Gasteiger partial charge is 0.422 e. The van der Waals surface area contributed by atoms with Crippen molar-refractivity contribution in [1.82, 2.24) is 10.2 Å². The van der Waals surface area contributed by atoms with Gasteiger partial charge in [-0.2, -0.15) is 24.5 Å². The minimum atomic E-state index is -4.36. The number of rotatable bonds is 6. The fourth-order valence-electron chi connectivity index (χ4n) is 1.91. The standard InChI is InChI=1S/C16H17F3N2O2S/c1-21(9-13-6-7-24-10-13)15(22)20-8-12-2-4-14(5-3-12)23-11-16(17,18)19/h2-7,10H,8-9,11H2,1H3,(H,20,22). The number of nitrogens with zero attached hydrogens (tertiary/aromatic N) is 1. The molecule has 0 spiro atoms. The van der Waals surface area contributed by atoms with E-state index in [1.54, 1.807) is 35.4 Å². The van der Waals surface area contributed by atoms with Gasteiger partial charge in [0.05, 0.1) is 0 Å². The van der Waals surface area contributed by atoms with Crippen molar-refractivity contribution >= 4 is 17.4 Å². The Hall–Kier alpha value is -2.22. The number of hydrogen-bond donors (Lipinski definition) is 1. The first kappa shape index (κ1) is 18.1. The molecule has 4 nitrogen and oxygen atoms in total. The molecule has 2 aromatic rings. The Morgan fingerprint density at radius 2 is 1.92 bits per heavy atom. The highest BCUT2D eigenvalue weighted by molar-refractivity contribution is 7.07. The van der Waals surface area contributed by atoms with E-state index < -0.39 is 12.8 Å². The monoisotopic (exact) mass is 358 g/mol. The van der Waals surface area contributed by atoms with Gasteiger partial charge in [-0.05, 0) is 40.1 Å². The average molecular weight is 358 g/mol. The van der Waals surface area contributed by atoms with Gasteiger partial charge in [0.15, 0.2) is 6.61 Å². The van der Waals surface area contributed by atoms with Gasteiger partial charge in [0.2, 0.25) is 0 Å². The van der Waals surface area contributed by atoms with E-state index in [0.717, 1.165) is 11.1 Å². The number of halogens is 3. The number of hydrogen-bond acceptors (Lipinski definition) is 3. The molecule has 1 aromatic carbocycles. The second-order valence-electron chi connectivity index (χ2n) is 5.19. The number of benzene rings is 1. The van der Waals surface area contributed by atoms with Crippen LogP contribution in [0.5, 0.6) is 5.75 Å². The van der Waals surface area contributed by atoms with Crippen molar-refractivity contribution in [3.8, 4) is 5.75 Å². The highest BCUT2D eigenvalue weighted by Crippen LogP contribution is 2.18. The Balaban J connectivity index is 1.78. The molecule has 130 valence electrons. The summed E-state index contributed by atoms with van der Waals surface area (Å²) in [5, 5.41) is 6.68. The van der Waals surface area contributed by atoms with Crippen molar-refractivity contribution < 1.29 is 22.7 Å². The van der Waals surface area contributed by atoms with Crippen LogP contribution in [0.2, 0.25) is 0 Å². The van der Waals surface area contributed by atoms with Crippen LogP contribution in [0.3, 0.4) is 0 Å². The summed E-state index contributed by atoms with van der Waals surface area (Å²) in [6.07, 6.45) is -4.36. The maximum Gasteiger partial charge on any atom is 0.422 e. The molecule has 0 atom stereocenters. The molecule has 0 radical (unpaired) electrons. The zero-order chi connectivity index (χ0) is 17.6. The van der Waals surface area contributed by atoms with Gasteiger partial charge in [0.25, 0.3) is 0 Å². The molecule has 0 aliphatic heterocycles. The summed E-state index contributed by atoms with van der Waals surface area (Å²) >= 11 is 1.57. The molecule has 2 amide bonds. The number of thiophene rings is 1. The first-order valence-corrected chi connectivity index (χ1v) is 8.06. The zero-order valence-electron chi connectivity index (χ0n) is 13.0. The molecular formula is C16H17F3N2O2S. The summed E-state index contributed by atoms with van der Waals surface area (Å²) < 4.78 is 40.8. The van der Waals surface area contributed by atoms with Crippen LogP contribution in [0.15, 0.2) is 41.1 Å². The molecule has 0 aliphatic rings. The summed E-state index contributed by atoms with van der Waals surface area (Å²) in [7, 11) is 1.70. The molecule has 0 saturated carbocycles. The lowest BCUT2D eigenvalue weighted by molar-refractivity contribution is -0.153. The van der Waals surface area contributed by atoms with Crippen molar-refractivity contribution in [3.63, 3.8) is 0 Å². The topological polar surface area (TPSA) is 41.6 Å². The number of carbonyl (C=O) groups is 1. The van der Waals surface area contributed by atoms with Gasteiger partial charge < -0.3 is 15.0 Å². The van der Waals surface area contributed by atoms with Crippen LogP contribution >= 0.6 is 11.3 Å². The van der Waals surface area contributed by atoms with Crippen LogP contribution in [0.4, 0.5) is 18.0 Å². The third-order valence-electron chi connectivity index (χ3n) is 3.12. The molecule has 0 aliphatic carbocycles. The molecule has 2 rings (SSSR count). The highest BCUT2D eigenvalue weighted by atomic mass is 32.1. The van der Waals surface area contributed by atoms with Gasteiger partial charge in [0, 0.05) is 20.1 Å². The number of carbonyl (C=O) groups excluding carboxylic acids is 1. The lowest BCUT2D eigenvalue weighted by atomic mass is 10.2. The summed E-state index contributed by atoms with van der Waals surface area (Å²) in [4.78, 5) is 13.5. The third-order valence-corrected chi connectivity index (χ3v) is 3.85. The van der Waals surface area contributed by atoms with Crippen LogP contribution in [-0.4, -0.2) is 30.8 Å². The van der Waals surface area contributed by atoms with E-state index in [-0.39, 0.29) is 18.3 Å². The molecule has 0 unspecified atom stereocenters. The molecule has 24 heavy (non-hydrogen) atoms. The Morgan fingerprint density at radius 3 is 2.50 bits per heavy atom. The lowest BCUT2D eigenvalue weighted by Gasteiger charge is -2.17. The lowest BCUT2D eigenvalue weighted by Crippen LogP contribution is -2.36. The van der Waals surface area contributed by atoms with Crippen molar-refractivity contribution in [2.24, 2.45) is 0 Å². The van der Waals surface area contributed by atoms with E-state index >= 15 is 0 Å². The second-order valence-corrected chi connectivity index (χ2v) is 5.97. The van der Waals surface area contributed by atoms with Gasteiger partial charge in [-0.1, -0.05) is 12.1 Å². The minimum Gasteiger partial charge on any atom is -0.484 e. The first-order chi connectivity index (χ1) is 11.3. The van der Waals surface area contributed by atoms with E-state index in [1.807, 2.05) is 16.8 Å². The quantitative estimate of drug-likeness (QED) is 0.847. The third kappa shape index (κ3) is 6.11. The Bertz CT molecular complexity index is 642. The van der Waals surface area contributed by atoms with E-state index in [9.17, 15) is 18.0 Å². The Kier molecular flexibility index (Phi) is 6.08. The summed E-state index contributed by atoms with van der Waals surface area (Å²) in [6.45, 7) is -0.525. The van der Waals surface area contributed by atoms with Gasteiger partial charge in [-0.15, -0.1) is 0 Å². The SMILES string of the molecule is CN(Cc1ccsc1)C(=O)NCc1ccc(OCC(F)(F)F)cc1. The average Bonchev–Trinajstić information content (AvgIpc) is 3.03. The van der Waals surface area contributed by atoms with Crippen LogP contribution < -0.4 is 10.1 Å². The van der Waals surface area contributed by atoms with Crippen LogP contribution in [0.25, 0.3) is 0 Å². The number of urea groups is 1. The number of nitrogens with one attached hydrogen (secondary N) is 1. The van der Waals surface area contributed by atoms with Crippen LogP contribution in [0, 0.1) is 0 Å². The van der Waals surface area contributed by atoms with Gasteiger partial charge in [-0.3, -0.25) is 0 Å². The molecule has 8 heteroatoms. The maximum absolute atomic E-state index is 12.1. The summed E-state index contributed by atoms with van der Waals surface area (Å²) in [5.74, 6) is 0.136. The van der Waals surface area contributed by atoms with Gasteiger partial charge >= 0.3 is 12.2 Å². The molecular weight excluding hydrogens is 341 g/mol. The second kappa shape index (κ2) is 8.05. The Morgan fingerprint density at radius 1 is 1.21 bits per heavy atom. The molecule has 0 bridgehead atoms. The van der Waals surface area contributed by atoms with Crippen molar-refractivity contribution in [1.29, 1.82) is 0 Å². The van der Waals surface area contributed by atoms with Gasteiger partial charge in [0.1, 0.15) is 5.75 Å².